The Kier molecular flexibility index (Phi) is 5.16. The summed E-state index contributed by atoms with van der Waals surface area (Å²) in [7, 11) is 0. The minimum absolute atomic E-state index is 0.139. The van der Waals surface area contributed by atoms with Crippen molar-refractivity contribution in [1.82, 2.24) is 0 Å². The molecule has 5 heteroatoms. The first kappa shape index (κ1) is 15.0. The second-order valence-corrected chi connectivity index (χ2v) is 5.59. The highest BCUT2D eigenvalue weighted by Gasteiger charge is 2.15. The normalized spacial score (nSPS) is 11.3. The van der Waals surface area contributed by atoms with Crippen molar-refractivity contribution in [2.24, 2.45) is 0 Å². The lowest BCUT2D eigenvalue weighted by Crippen LogP contribution is -2.22. The fourth-order valence-electron chi connectivity index (χ4n) is 1.32. The summed E-state index contributed by atoms with van der Waals surface area (Å²) in [5.74, 6) is -0.675. The van der Waals surface area contributed by atoms with Crippen LogP contribution in [0.4, 0.5) is 0 Å². The largest absolute Gasteiger partial charge is 0.489 e. The van der Waals surface area contributed by atoms with E-state index in [1.54, 1.807) is 12.1 Å². The molecule has 0 saturated heterocycles. The molecule has 4 nitrogen and oxygen atoms in total. The average molecular weight is 317 g/mol. The summed E-state index contributed by atoms with van der Waals surface area (Å²) in [4.78, 5) is 11.0. The van der Waals surface area contributed by atoms with Crippen LogP contribution in [-0.4, -0.2) is 29.9 Å². The van der Waals surface area contributed by atoms with Gasteiger partial charge in [-0.2, -0.15) is 0 Å². The average Bonchev–Trinajstić information content (AvgIpc) is 2.24. The van der Waals surface area contributed by atoms with E-state index in [1.807, 2.05) is 20.8 Å². The van der Waals surface area contributed by atoms with E-state index in [9.17, 15) is 4.79 Å². The summed E-state index contributed by atoms with van der Waals surface area (Å²) in [6, 6.07) is 4.91. The van der Waals surface area contributed by atoms with Crippen LogP contribution in [0.5, 0.6) is 5.75 Å². The molecule has 0 aromatic heterocycles. The van der Waals surface area contributed by atoms with Crippen molar-refractivity contribution >= 4 is 21.9 Å². The topological polar surface area (TPSA) is 55.8 Å². The van der Waals surface area contributed by atoms with E-state index < -0.39 is 5.97 Å². The number of carbonyl (C=O) groups is 1. The Labute approximate surface area is 115 Å². The van der Waals surface area contributed by atoms with E-state index in [2.05, 4.69) is 15.9 Å². The number of ether oxygens (including phenoxy) is 2. The van der Waals surface area contributed by atoms with Gasteiger partial charge in [-0.15, -0.1) is 0 Å². The van der Waals surface area contributed by atoms with E-state index in [-0.39, 0.29) is 11.2 Å². The fraction of sp³-hybridized carbons (Fsp3) is 0.462. The van der Waals surface area contributed by atoms with Crippen LogP contribution < -0.4 is 4.74 Å². The standard InChI is InChI=1S/C13H17BrO4/c1-13(2,3)18-8-7-17-11-9(12(15)16)5-4-6-10(11)14/h4-6H,7-8H2,1-3H3,(H,15,16). The Morgan fingerprint density at radius 1 is 1.33 bits per heavy atom. The third kappa shape index (κ3) is 4.66. The van der Waals surface area contributed by atoms with Gasteiger partial charge in [-0.1, -0.05) is 6.07 Å². The molecule has 1 N–H and O–H groups in total. The molecule has 0 amide bonds. The smallest absolute Gasteiger partial charge is 0.339 e. The summed E-state index contributed by atoms with van der Waals surface area (Å²) < 4.78 is 11.6. The van der Waals surface area contributed by atoms with Crippen LogP contribution in [0.25, 0.3) is 0 Å². The molecule has 0 radical (unpaired) electrons. The van der Waals surface area contributed by atoms with Gasteiger partial charge in [-0.05, 0) is 48.8 Å². The summed E-state index contributed by atoms with van der Waals surface area (Å²) in [5, 5.41) is 9.04. The van der Waals surface area contributed by atoms with Gasteiger partial charge in [0.05, 0.1) is 16.7 Å². The second kappa shape index (κ2) is 6.20. The third-order valence-corrected chi connectivity index (χ3v) is 2.69. The molecule has 0 heterocycles. The number of carboxylic acids is 1. The number of rotatable bonds is 5. The quantitative estimate of drug-likeness (QED) is 0.846. The van der Waals surface area contributed by atoms with Crippen molar-refractivity contribution in [3.05, 3.63) is 28.2 Å². The molecule has 1 aromatic carbocycles. The molecule has 0 fully saturated rings. The predicted molar refractivity (Wildman–Crippen MR) is 72.3 cm³/mol. The second-order valence-electron chi connectivity index (χ2n) is 4.73. The molecule has 0 atom stereocenters. The monoisotopic (exact) mass is 316 g/mol. The van der Waals surface area contributed by atoms with Crippen LogP contribution in [-0.2, 0) is 4.74 Å². The predicted octanol–water partition coefficient (Wildman–Crippen LogP) is 3.34. The summed E-state index contributed by atoms with van der Waals surface area (Å²) in [6.07, 6.45) is 0. The van der Waals surface area contributed by atoms with Gasteiger partial charge in [-0.25, -0.2) is 4.79 Å². The molecule has 0 aliphatic carbocycles. The Morgan fingerprint density at radius 2 is 2.00 bits per heavy atom. The number of hydrogen-bond acceptors (Lipinski definition) is 3. The van der Waals surface area contributed by atoms with Crippen LogP contribution in [0.2, 0.25) is 0 Å². The number of para-hydroxylation sites is 1. The first-order chi connectivity index (χ1) is 8.31. The molecule has 0 bridgehead atoms. The van der Waals surface area contributed by atoms with E-state index in [4.69, 9.17) is 14.6 Å². The fourth-order valence-corrected chi connectivity index (χ4v) is 1.80. The van der Waals surface area contributed by atoms with Crippen LogP contribution in [0.15, 0.2) is 22.7 Å². The number of aromatic carboxylic acids is 1. The number of halogens is 1. The molecular formula is C13H17BrO4. The molecule has 18 heavy (non-hydrogen) atoms. The van der Waals surface area contributed by atoms with Gasteiger partial charge in [0, 0.05) is 0 Å². The lowest BCUT2D eigenvalue weighted by Gasteiger charge is -2.20. The minimum Gasteiger partial charge on any atom is -0.489 e. The van der Waals surface area contributed by atoms with Crippen molar-refractivity contribution in [3.8, 4) is 5.75 Å². The van der Waals surface area contributed by atoms with Crippen LogP contribution in [0, 0.1) is 0 Å². The zero-order valence-corrected chi connectivity index (χ0v) is 12.3. The van der Waals surface area contributed by atoms with Gasteiger partial charge in [0.25, 0.3) is 0 Å². The van der Waals surface area contributed by atoms with E-state index in [1.165, 1.54) is 6.07 Å². The van der Waals surface area contributed by atoms with Crippen molar-refractivity contribution in [2.45, 2.75) is 26.4 Å². The number of carboxylic acid groups (broad SMARTS) is 1. The molecule has 0 aliphatic heterocycles. The molecule has 0 saturated carbocycles. The first-order valence-electron chi connectivity index (χ1n) is 5.60. The highest BCUT2D eigenvalue weighted by molar-refractivity contribution is 9.10. The van der Waals surface area contributed by atoms with E-state index in [0.717, 1.165) is 0 Å². The number of benzene rings is 1. The molecular weight excluding hydrogens is 300 g/mol. The summed E-state index contributed by atoms with van der Waals surface area (Å²) >= 11 is 3.28. The van der Waals surface area contributed by atoms with Gasteiger partial charge in [0.2, 0.25) is 0 Å². The molecule has 100 valence electrons. The molecule has 0 aliphatic rings. The van der Waals surface area contributed by atoms with Gasteiger partial charge >= 0.3 is 5.97 Å². The van der Waals surface area contributed by atoms with Gasteiger partial charge < -0.3 is 14.6 Å². The highest BCUT2D eigenvalue weighted by Crippen LogP contribution is 2.29. The molecule has 1 aromatic rings. The number of hydrogen-bond donors (Lipinski definition) is 1. The van der Waals surface area contributed by atoms with Crippen LogP contribution in [0.1, 0.15) is 31.1 Å². The van der Waals surface area contributed by atoms with Gasteiger partial charge in [0.15, 0.2) is 0 Å². The Morgan fingerprint density at radius 3 is 2.56 bits per heavy atom. The Hall–Kier alpha value is -1.07. The maximum Gasteiger partial charge on any atom is 0.339 e. The maximum absolute atomic E-state index is 11.0. The lowest BCUT2D eigenvalue weighted by molar-refractivity contribution is -0.0165. The van der Waals surface area contributed by atoms with Crippen LogP contribution in [0.3, 0.4) is 0 Å². The Balaban J connectivity index is 2.64. The maximum atomic E-state index is 11.0. The summed E-state index contributed by atoms with van der Waals surface area (Å²) in [6.45, 7) is 6.57. The highest BCUT2D eigenvalue weighted by atomic mass is 79.9. The Bertz CT molecular complexity index is 423. The van der Waals surface area contributed by atoms with Crippen molar-refractivity contribution in [3.63, 3.8) is 0 Å². The molecule has 0 unspecified atom stereocenters. The van der Waals surface area contributed by atoms with Crippen LogP contribution >= 0.6 is 15.9 Å². The summed E-state index contributed by atoms with van der Waals surface area (Å²) in [5.41, 5.74) is -0.0902. The van der Waals surface area contributed by atoms with Crippen molar-refractivity contribution in [2.75, 3.05) is 13.2 Å². The third-order valence-electron chi connectivity index (χ3n) is 2.06. The first-order valence-corrected chi connectivity index (χ1v) is 6.39. The van der Waals surface area contributed by atoms with Crippen molar-refractivity contribution in [1.29, 1.82) is 0 Å². The van der Waals surface area contributed by atoms with Crippen molar-refractivity contribution < 1.29 is 19.4 Å². The minimum atomic E-state index is -1.01. The lowest BCUT2D eigenvalue weighted by atomic mass is 10.2. The molecule has 0 spiro atoms. The van der Waals surface area contributed by atoms with Gasteiger partial charge in [0.1, 0.15) is 17.9 Å². The SMILES string of the molecule is CC(C)(C)OCCOc1c(Br)cccc1C(=O)O. The van der Waals surface area contributed by atoms with E-state index in [0.29, 0.717) is 23.4 Å². The molecule has 1 rings (SSSR count). The zero-order chi connectivity index (χ0) is 13.8. The van der Waals surface area contributed by atoms with Gasteiger partial charge in [-0.3, -0.25) is 0 Å². The van der Waals surface area contributed by atoms with E-state index >= 15 is 0 Å². The zero-order valence-electron chi connectivity index (χ0n) is 10.7.